The van der Waals surface area contributed by atoms with Gasteiger partial charge in [-0.05, 0) is 37.0 Å². The van der Waals surface area contributed by atoms with Gasteiger partial charge in [0.1, 0.15) is 0 Å². The summed E-state index contributed by atoms with van der Waals surface area (Å²) in [6.07, 6.45) is 5.36. The molecule has 0 aliphatic heterocycles. The van der Waals surface area contributed by atoms with Crippen molar-refractivity contribution in [3.63, 3.8) is 0 Å². The predicted octanol–water partition coefficient (Wildman–Crippen LogP) is 3.25. The van der Waals surface area contributed by atoms with Crippen LogP contribution in [0.4, 0.5) is 5.69 Å². The number of hydrogen-bond acceptors (Lipinski definition) is 3. The first-order valence-electron chi connectivity index (χ1n) is 5.92. The number of hydrogen-bond donors (Lipinski definition) is 2. The zero-order valence-corrected chi connectivity index (χ0v) is 10.5. The molecule has 4 heteroatoms. The number of anilines is 1. The minimum Gasteiger partial charge on any atom is -0.478 e. The summed E-state index contributed by atoms with van der Waals surface area (Å²) >= 11 is 1.78. The highest BCUT2D eigenvalue weighted by Crippen LogP contribution is 2.31. The van der Waals surface area contributed by atoms with E-state index in [4.69, 9.17) is 10.8 Å². The summed E-state index contributed by atoms with van der Waals surface area (Å²) in [6.45, 7) is 0. The summed E-state index contributed by atoms with van der Waals surface area (Å²) in [6, 6.07) is 5.21. The van der Waals surface area contributed by atoms with E-state index in [0.717, 1.165) is 16.6 Å². The van der Waals surface area contributed by atoms with Gasteiger partial charge < -0.3 is 10.8 Å². The molecule has 1 aromatic carbocycles. The van der Waals surface area contributed by atoms with E-state index in [9.17, 15) is 4.79 Å². The van der Waals surface area contributed by atoms with E-state index in [0.29, 0.717) is 5.69 Å². The SMILES string of the molecule is Nc1cc(SCC2CCCC2)ccc1C(=O)O. The number of thioether (sulfide) groups is 1. The fourth-order valence-electron chi connectivity index (χ4n) is 2.22. The van der Waals surface area contributed by atoms with Crippen molar-refractivity contribution in [1.82, 2.24) is 0 Å². The molecule has 2 rings (SSSR count). The topological polar surface area (TPSA) is 63.3 Å². The van der Waals surface area contributed by atoms with Crippen molar-refractivity contribution in [2.45, 2.75) is 30.6 Å². The molecule has 0 bridgehead atoms. The number of carbonyl (C=O) groups is 1. The van der Waals surface area contributed by atoms with Crippen molar-refractivity contribution in [3.8, 4) is 0 Å². The van der Waals surface area contributed by atoms with Gasteiger partial charge in [0.25, 0.3) is 0 Å². The third-order valence-corrected chi connectivity index (χ3v) is 4.44. The Bertz CT molecular complexity index is 414. The molecular formula is C13H17NO2S. The van der Waals surface area contributed by atoms with Crippen molar-refractivity contribution in [1.29, 1.82) is 0 Å². The summed E-state index contributed by atoms with van der Waals surface area (Å²) in [5, 5.41) is 8.87. The lowest BCUT2D eigenvalue weighted by molar-refractivity contribution is 0.0698. The summed E-state index contributed by atoms with van der Waals surface area (Å²) in [5.41, 5.74) is 6.26. The fourth-order valence-corrected chi connectivity index (χ4v) is 3.35. The highest BCUT2D eigenvalue weighted by atomic mass is 32.2. The highest BCUT2D eigenvalue weighted by Gasteiger charge is 2.15. The molecule has 3 N–H and O–H groups in total. The maximum Gasteiger partial charge on any atom is 0.337 e. The van der Waals surface area contributed by atoms with Gasteiger partial charge in [0.2, 0.25) is 0 Å². The van der Waals surface area contributed by atoms with E-state index in [2.05, 4.69) is 0 Å². The maximum absolute atomic E-state index is 10.8. The Morgan fingerprint density at radius 1 is 1.41 bits per heavy atom. The minimum atomic E-state index is -0.963. The third kappa shape index (κ3) is 3.16. The molecule has 1 aliphatic carbocycles. The summed E-state index contributed by atoms with van der Waals surface area (Å²) in [7, 11) is 0. The predicted molar refractivity (Wildman–Crippen MR) is 70.5 cm³/mol. The van der Waals surface area contributed by atoms with Crippen LogP contribution in [-0.2, 0) is 0 Å². The molecule has 0 heterocycles. The smallest absolute Gasteiger partial charge is 0.337 e. The van der Waals surface area contributed by atoms with Crippen LogP contribution in [0.2, 0.25) is 0 Å². The van der Waals surface area contributed by atoms with Gasteiger partial charge in [-0.3, -0.25) is 0 Å². The molecule has 1 fully saturated rings. The van der Waals surface area contributed by atoms with E-state index in [1.165, 1.54) is 25.7 Å². The van der Waals surface area contributed by atoms with Crippen LogP contribution in [-0.4, -0.2) is 16.8 Å². The number of nitrogens with two attached hydrogens (primary N) is 1. The first-order valence-corrected chi connectivity index (χ1v) is 6.91. The quantitative estimate of drug-likeness (QED) is 0.637. The molecule has 0 unspecified atom stereocenters. The molecule has 0 amide bonds. The van der Waals surface area contributed by atoms with Gasteiger partial charge in [0.05, 0.1) is 5.56 Å². The van der Waals surface area contributed by atoms with E-state index in [1.807, 2.05) is 6.07 Å². The second kappa shape index (κ2) is 5.45. The van der Waals surface area contributed by atoms with E-state index in [-0.39, 0.29) is 5.56 Å². The Hall–Kier alpha value is -1.16. The van der Waals surface area contributed by atoms with Gasteiger partial charge >= 0.3 is 5.97 Å². The molecule has 1 aromatic rings. The van der Waals surface area contributed by atoms with Crippen LogP contribution in [0.1, 0.15) is 36.0 Å². The first-order chi connectivity index (χ1) is 8.16. The standard InChI is InChI=1S/C13H17NO2S/c14-12-7-10(5-6-11(12)13(15)16)17-8-9-3-1-2-4-9/h5-7,9H,1-4,8,14H2,(H,15,16). The molecule has 17 heavy (non-hydrogen) atoms. The number of benzene rings is 1. The molecule has 1 aliphatic rings. The molecular weight excluding hydrogens is 234 g/mol. The Kier molecular flexibility index (Phi) is 3.94. The van der Waals surface area contributed by atoms with E-state index < -0.39 is 5.97 Å². The lowest BCUT2D eigenvalue weighted by Gasteiger charge is -2.09. The van der Waals surface area contributed by atoms with Gasteiger partial charge in [-0.1, -0.05) is 12.8 Å². The van der Waals surface area contributed by atoms with Gasteiger partial charge in [0.15, 0.2) is 0 Å². The van der Waals surface area contributed by atoms with Crippen molar-refractivity contribution in [2.75, 3.05) is 11.5 Å². The van der Waals surface area contributed by atoms with Gasteiger partial charge in [-0.25, -0.2) is 4.79 Å². The minimum absolute atomic E-state index is 0.190. The van der Waals surface area contributed by atoms with Crippen LogP contribution in [0.3, 0.4) is 0 Å². The molecule has 0 spiro atoms. The average Bonchev–Trinajstić information content (AvgIpc) is 2.78. The van der Waals surface area contributed by atoms with Gasteiger partial charge in [0, 0.05) is 16.3 Å². The van der Waals surface area contributed by atoms with Crippen molar-refractivity contribution < 1.29 is 9.90 Å². The zero-order valence-electron chi connectivity index (χ0n) is 9.69. The molecule has 0 aromatic heterocycles. The monoisotopic (exact) mass is 251 g/mol. The number of carboxylic acids is 1. The normalized spacial score (nSPS) is 16.2. The lowest BCUT2D eigenvalue weighted by Crippen LogP contribution is -2.02. The van der Waals surface area contributed by atoms with Crippen LogP contribution in [0.5, 0.6) is 0 Å². The molecule has 1 saturated carbocycles. The second-order valence-electron chi connectivity index (χ2n) is 4.52. The summed E-state index contributed by atoms with van der Waals surface area (Å²) in [5.74, 6) is 0.974. The van der Waals surface area contributed by atoms with Crippen LogP contribution in [0.15, 0.2) is 23.1 Å². The summed E-state index contributed by atoms with van der Waals surface area (Å²) in [4.78, 5) is 11.9. The van der Waals surface area contributed by atoms with Crippen LogP contribution in [0, 0.1) is 5.92 Å². The number of aromatic carboxylic acids is 1. The number of nitrogen functional groups attached to an aromatic ring is 1. The molecule has 0 saturated heterocycles. The van der Waals surface area contributed by atoms with Crippen LogP contribution in [0.25, 0.3) is 0 Å². The van der Waals surface area contributed by atoms with Crippen molar-refractivity contribution in [2.24, 2.45) is 5.92 Å². The Labute approximate surface area is 105 Å². The van der Waals surface area contributed by atoms with Crippen LogP contribution >= 0.6 is 11.8 Å². The van der Waals surface area contributed by atoms with Crippen LogP contribution < -0.4 is 5.73 Å². The summed E-state index contributed by atoms with van der Waals surface area (Å²) < 4.78 is 0. The molecule has 92 valence electrons. The average molecular weight is 251 g/mol. The van der Waals surface area contributed by atoms with Gasteiger partial charge in [-0.2, -0.15) is 0 Å². The van der Waals surface area contributed by atoms with Crippen molar-refractivity contribution >= 4 is 23.4 Å². The fraction of sp³-hybridized carbons (Fsp3) is 0.462. The number of rotatable bonds is 4. The highest BCUT2D eigenvalue weighted by molar-refractivity contribution is 7.99. The van der Waals surface area contributed by atoms with E-state index in [1.54, 1.807) is 23.9 Å². The number of carboxylic acid groups (broad SMARTS) is 1. The maximum atomic E-state index is 10.8. The van der Waals surface area contributed by atoms with E-state index >= 15 is 0 Å². The lowest BCUT2D eigenvalue weighted by atomic mass is 10.1. The zero-order chi connectivity index (χ0) is 12.3. The largest absolute Gasteiger partial charge is 0.478 e. The Morgan fingerprint density at radius 3 is 2.71 bits per heavy atom. The van der Waals surface area contributed by atoms with Gasteiger partial charge in [-0.15, -0.1) is 11.8 Å². The third-order valence-electron chi connectivity index (χ3n) is 3.21. The second-order valence-corrected chi connectivity index (χ2v) is 5.61. The van der Waals surface area contributed by atoms with Crippen molar-refractivity contribution in [3.05, 3.63) is 23.8 Å². The molecule has 3 nitrogen and oxygen atoms in total. The molecule has 0 radical (unpaired) electrons. The Morgan fingerprint density at radius 2 is 2.12 bits per heavy atom. The molecule has 0 atom stereocenters. The first kappa shape index (κ1) is 12.3. The Balaban J connectivity index is 1.97.